The van der Waals surface area contributed by atoms with Crippen molar-refractivity contribution >= 4 is 5.69 Å². The Bertz CT molecular complexity index is 421. The van der Waals surface area contributed by atoms with Gasteiger partial charge in [0.1, 0.15) is 5.75 Å². The first-order valence-corrected chi connectivity index (χ1v) is 3.91. The molecular formula is C13H7CrNO6. The second kappa shape index (κ2) is 52.4. The van der Waals surface area contributed by atoms with Crippen molar-refractivity contribution in [2.75, 3.05) is 7.11 Å². The average molecular weight is 325 g/mol. The topological polar surface area (TPSA) is 113 Å². The molecule has 0 spiro atoms. The van der Waals surface area contributed by atoms with Crippen LogP contribution < -0.4 is 4.74 Å². The fourth-order valence-electron chi connectivity index (χ4n) is 0.722. The number of para-hydroxylation sites is 2. The van der Waals surface area contributed by atoms with E-state index in [1.165, 1.54) is 0 Å². The van der Waals surface area contributed by atoms with Crippen LogP contribution in [0.15, 0.2) is 24.3 Å². The van der Waals surface area contributed by atoms with Gasteiger partial charge in [0.25, 0.3) is 0 Å². The Morgan fingerprint density at radius 2 is 1.14 bits per heavy atom. The van der Waals surface area contributed by atoms with Gasteiger partial charge in [-0.3, -0.25) is 0 Å². The van der Waals surface area contributed by atoms with Gasteiger partial charge in [0.05, 0.1) is 13.7 Å². The van der Waals surface area contributed by atoms with E-state index in [4.69, 9.17) is 34.6 Å². The number of rotatable bonds is 1. The smallest absolute Gasteiger partial charge is 0 e. The van der Waals surface area contributed by atoms with Gasteiger partial charge in [0.2, 0.25) is 5.69 Å². The average Bonchev–Trinajstić information content (AvgIpc) is 2.63. The van der Waals surface area contributed by atoms with Gasteiger partial charge in [-0.15, -0.1) is 0 Å². The second-order valence-electron chi connectivity index (χ2n) is 1.78. The van der Waals surface area contributed by atoms with Crippen LogP contribution in [0.5, 0.6) is 5.75 Å². The predicted octanol–water partition coefficient (Wildman–Crippen LogP) is 2.06. The molecule has 0 aliphatic carbocycles. The van der Waals surface area contributed by atoms with Crippen molar-refractivity contribution in [1.82, 2.24) is 0 Å². The third-order valence-corrected chi connectivity index (χ3v) is 1.21. The molecule has 0 saturated carbocycles. The summed E-state index contributed by atoms with van der Waals surface area (Å²) in [7, 11) is 1.56. The van der Waals surface area contributed by atoms with E-state index in [-0.39, 0.29) is 17.4 Å². The van der Waals surface area contributed by atoms with E-state index < -0.39 is 0 Å². The van der Waals surface area contributed by atoms with Crippen molar-refractivity contribution in [2.24, 2.45) is 0 Å². The number of benzene rings is 1. The number of ether oxygens (including phenoxy) is 1. The molecular weight excluding hydrogens is 318 g/mol. The largest absolute Gasteiger partial charge is 0 e. The SMILES string of the molecule is [C-]#[N+]c1ccccc1OC.[C-]#[O+].[C-]#[O+].[C-]#[O+].[C-]#[O+].[C-]#[O+].[Cr]. The quantitative estimate of drug-likeness (QED) is 0.571. The van der Waals surface area contributed by atoms with Crippen molar-refractivity contribution in [3.63, 3.8) is 0 Å². The summed E-state index contributed by atoms with van der Waals surface area (Å²) in [6.45, 7) is 29.2. The van der Waals surface area contributed by atoms with Gasteiger partial charge < -0.3 is 4.74 Å². The Morgan fingerprint density at radius 3 is 1.38 bits per heavy atom. The maximum absolute atomic E-state index is 7.50. The van der Waals surface area contributed by atoms with Crippen LogP contribution >= 0.6 is 0 Å². The molecule has 0 aliphatic rings. The standard InChI is InChI=1S/C8H7NO.5CO.Cr/c1-9-7-5-3-4-6-8(7)10-2;5*1-2;/h3-6H,2H3;;;;;;. The summed E-state index contributed by atoms with van der Waals surface area (Å²) < 4.78 is 42.4. The summed E-state index contributed by atoms with van der Waals surface area (Å²) in [6.07, 6.45) is 0. The normalized spacial score (nSPS) is 4.48. The summed E-state index contributed by atoms with van der Waals surface area (Å²) in [4.78, 5) is 3.27. The van der Waals surface area contributed by atoms with E-state index in [1.54, 1.807) is 19.2 Å². The molecule has 21 heavy (non-hydrogen) atoms. The first kappa shape index (κ1) is 36.3. The molecule has 0 unspecified atom stereocenters. The fraction of sp³-hybridized carbons (Fsp3) is 0.0769. The molecule has 7 nitrogen and oxygen atoms in total. The molecule has 0 N–H and O–H groups in total. The van der Waals surface area contributed by atoms with Crippen LogP contribution in [0.4, 0.5) is 5.69 Å². The predicted molar refractivity (Wildman–Crippen MR) is 58.9 cm³/mol. The van der Waals surface area contributed by atoms with E-state index in [9.17, 15) is 0 Å². The summed E-state index contributed by atoms with van der Waals surface area (Å²) in [6, 6.07) is 7.16. The van der Waals surface area contributed by atoms with Crippen LogP contribution in [0, 0.1) is 39.8 Å². The molecule has 0 atom stereocenters. The molecule has 0 aliphatic heterocycles. The fourth-order valence-corrected chi connectivity index (χ4v) is 0.722. The summed E-state index contributed by atoms with van der Waals surface area (Å²) in [5, 5.41) is 0. The van der Waals surface area contributed by atoms with Gasteiger partial charge in [0, 0.05) is 17.4 Å². The minimum Gasteiger partial charge on any atom is 0 e. The molecule has 0 radical (unpaired) electrons. The number of hydrogen-bond donors (Lipinski definition) is 0. The zero-order chi connectivity index (χ0) is 17.4. The van der Waals surface area contributed by atoms with Crippen LogP contribution in [0.1, 0.15) is 0 Å². The first-order valence-electron chi connectivity index (χ1n) is 3.91. The molecule has 1 rings (SSSR count). The van der Waals surface area contributed by atoms with Gasteiger partial charge in [-0.2, -0.15) is 0 Å². The monoisotopic (exact) mass is 325 g/mol. The number of methoxy groups -OCH3 is 1. The Morgan fingerprint density at radius 1 is 0.810 bits per heavy atom. The van der Waals surface area contributed by atoms with E-state index in [0.29, 0.717) is 11.4 Å². The van der Waals surface area contributed by atoms with Gasteiger partial charge in [-0.25, -0.2) is 4.85 Å². The van der Waals surface area contributed by atoms with Crippen LogP contribution in [-0.4, -0.2) is 7.11 Å². The van der Waals surface area contributed by atoms with Crippen molar-refractivity contribution in [1.29, 1.82) is 0 Å². The Kier molecular flexibility index (Phi) is 90.7. The minimum absolute atomic E-state index is 0. The van der Waals surface area contributed by atoms with Crippen molar-refractivity contribution in [2.45, 2.75) is 0 Å². The van der Waals surface area contributed by atoms with Crippen LogP contribution in [0.25, 0.3) is 4.85 Å². The summed E-state index contributed by atoms with van der Waals surface area (Å²) in [5.74, 6) is 0.637. The minimum atomic E-state index is 0. The Labute approximate surface area is 133 Å². The van der Waals surface area contributed by atoms with Crippen LogP contribution in [-0.2, 0) is 40.6 Å². The van der Waals surface area contributed by atoms with E-state index in [0.717, 1.165) is 0 Å². The molecule has 0 fully saturated rings. The summed E-state index contributed by atoms with van der Waals surface area (Å²) >= 11 is 0. The number of hydrogen-bond acceptors (Lipinski definition) is 1. The van der Waals surface area contributed by atoms with E-state index in [1.807, 2.05) is 12.1 Å². The van der Waals surface area contributed by atoms with Gasteiger partial charge in [-0.1, -0.05) is 18.2 Å². The van der Waals surface area contributed by atoms with Crippen molar-refractivity contribution < 1.29 is 45.4 Å². The molecule has 1 aromatic rings. The molecule has 0 aromatic heterocycles. The van der Waals surface area contributed by atoms with Crippen LogP contribution in [0.2, 0.25) is 0 Å². The Hall–Kier alpha value is -2.26. The molecule has 8 heteroatoms. The molecule has 0 heterocycles. The van der Waals surface area contributed by atoms with Crippen molar-refractivity contribution in [3.8, 4) is 5.75 Å². The maximum atomic E-state index is 7.50. The van der Waals surface area contributed by atoms with Crippen LogP contribution in [0.3, 0.4) is 0 Å². The molecule has 0 amide bonds. The third kappa shape index (κ3) is 27.1. The van der Waals surface area contributed by atoms with Gasteiger partial charge >= 0.3 is 56.5 Å². The molecule has 1 aromatic carbocycles. The van der Waals surface area contributed by atoms with E-state index >= 15 is 0 Å². The Balaban J connectivity index is -0.0000000440. The molecule has 0 saturated heterocycles. The first-order chi connectivity index (χ1) is 9.88. The number of nitrogens with zero attached hydrogens (tertiary/aromatic N) is 1. The second-order valence-corrected chi connectivity index (χ2v) is 1.78. The summed E-state index contributed by atoms with van der Waals surface area (Å²) in [5.41, 5.74) is 0.560. The van der Waals surface area contributed by atoms with Gasteiger partial charge in [-0.05, 0) is 6.07 Å². The maximum Gasteiger partial charge on any atom is 0 e. The molecule has 106 valence electrons. The van der Waals surface area contributed by atoms with E-state index in [2.05, 4.69) is 38.1 Å². The molecule has 0 bridgehead atoms. The van der Waals surface area contributed by atoms with Gasteiger partial charge in [0.15, 0.2) is 0 Å². The van der Waals surface area contributed by atoms with Crippen molar-refractivity contribution in [3.05, 3.63) is 68.9 Å². The zero-order valence-electron chi connectivity index (χ0n) is 10.6. The zero-order valence-corrected chi connectivity index (χ0v) is 11.9. The third-order valence-electron chi connectivity index (χ3n) is 1.21.